The highest BCUT2D eigenvalue weighted by atomic mass is 79.9. The Labute approximate surface area is 139 Å². The number of nitrogens with one attached hydrogen (secondary N) is 1. The van der Waals surface area contributed by atoms with Crippen LogP contribution in [-0.2, 0) is 7.05 Å². The molecule has 1 amide bonds. The van der Waals surface area contributed by atoms with Gasteiger partial charge in [0.05, 0.1) is 5.52 Å². The number of halogens is 2. The molecule has 0 bridgehead atoms. The molecule has 1 aromatic heterocycles. The second kappa shape index (κ2) is 5.96. The summed E-state index contributed by atoms with van der Waals surface area (Å²) in [6.07, 6.45) is 1.46. The highest BCUT2D eigenvalue weighted by molar-refractivity contribution is 9.10. The molecule has 1 heterocycles. The molecule has 0 spiro atoms. The van der Waals surface area contributed by atoms with Crippen molar-refractivity contribution in [2.75, 3.05) is 5.32 Å². The zero-order chi connectivity index (χ0) is 16.6. The van der Waals surface area contributed by atoms with E-state index in [1.807, 2.05) is 0 Å². The summed E-state index contributed by atoms with van der Waals surface area (Å²) in [5.74, 6) is -1.04. The molecule has 23 heavy (non-hydrogen) atoms. The lowest BCUT2D eigenvalue weighted by atomic mass is 10.1. The first kappa shape index (κ1) is 15.4. The van der Waals surface area contributed by atoms with Crippen LogP contribution in [0, 0.1) is 5.82 Å². The monoisotopic (exact) mass is 374 g/mol. The fourth-order valence-electron chi connectivity index (χ4n) is 2.36. The van der Waals surface area contributed by atoms with Gasteiger partial charge >= 0.3 is 0 Å². The summed E-state index contributed by atoms with van der Waals surface area (Å²) in [6, 6.07) is 10.9. The average molecular weight is 375 g/mol. The van der Waals surface area contributed by atoms with Crippen molar-refractivity contribution in [2.45, 2.75) is 0 Å². The Morgan fingerprint density at radius 3 is 2.57 bits per heavy atom. The van der Waals surface area contributed by atoms with Gasteiger partial charge in [-0.25, -0.2) is 4.39 Å². The van der Waals surface area contributed by atoms with E-state index in [-0.39, 0.29) is 10.9 Å². The van der Waals surface area contributed by atoms with Crippen molar-refractivity contribution in [3.05, 3.63) is 74.7 Å². The van der Waals surface area contributed by atoms with Crippen molar-refractivity contribution in [2.24, 2.45) is 7.05 Å². The number of hydrogen-bond acceptors (Lipinski definition) is 2. The Bertz CT molecular complexity index is 965. The van der Waals surface area contributed by atoms with E-state index in [4.69, 9.17) is 0 Å². The molecule has 0 aliphatic heterocycles. The fourth-order valence-corrected chi connectivity index (χ4v) is 2.62. The van der Waals surface area contributed by atoms with Crippen LogP contribution in [0.5, 0.6) is 0 Å². The summed E-state index contributed by atoms with van der Waals surface area (Å²) >= 11 is 3.31. The molecule has 0 aliphatic rings. The number of pyridine rings is 1. The molecule has 0 fully saturated rings. The number of carbonyl (C=O) groups excluding carboxylic acids is 1. The van der Waals surface area contributed by atoms with Crippen LogP contribution in [0.3, 0.4) is 0 Å². The number of aromatic nitrogens is 1. The third-order valence-corrected chi connectivity index (χ3v) is 4.03. The number of benzene rings is 2. The molecule has 6 heteroatoms. The Morgan fingerprint density at radius 2 is 1.87 bits per heavy atom. The van der Waals surface area contributed by atoms with E-state index in [1.165, 1.54) is 18.3 Å². The molecular formula is C17H12BrFN2O2. The van der Waals surface area contributed by atoms with Gasteiger partial charge in [-0.15, -0.1) is 0 Å². The van der Waals surface area contributed by atoms with E-state index in [0.717, 1.165) is 10.5 Å². The Balaban J connectivity index is 2.05. The van der Waals surface area contributed by atoms with E-state index >= 15 is 0 Å². The van der Waals surface area contributed by atoms with Gasteiger partial charge in [0.2, 0.25) is 5.43 Å². The minimum absolute atomic E-state index is 0.0338. The van der Waals surface area contributed by atoms with Gasteiger partial charge in [0.15, 0.2) is 0 Å². The summed E-state index contributed by atoms with van der Waals surface area (Å²) < 4.78 is 15.9. The lowest BCUT2D eigenvalue weighted by Crippen LogP contribution is -2.23. The van der Waals surface area contributed by atoms with Crippen LogP contribution in [0.15, 0.2) is 57.9 Å². The number of aryl methyl sites for hydroxylation is 1. The van der Waals surface area contributed by atoms with Crippen LogP contribution in [0.25, 0.3) is 10.9 Å². The summed E-state index contributed by atoms with van der Waals surface area (Å²) in [5.41, 5.74) is 0.608. The second-order valence-corrected chi connectivity index (χ2v) is 6.02. The zero-order valence-corrected chi connectivity index (χ0v) is 13.7. The van der Waals surface area contributed by atoms with E-state index in [1.54, 1.807) is 35.9 Å². The van der Waals surface area contributed by atoms with Gasteiger partial charge in [-0.1, -0.05) is 15.9 Å². The van der Waals surface area contributed by atoms with E-state index in [0.29, 0.717) is 11.2 Å². The van der Waals surface area contributed by atoms with Gasteiger partial charge in [0, 0.05) is 28.8 Å². The number of anilines is 1. The minimum Gasteiger partial charge on any atom is -0.350 e. The maximum atomic E-state index is 13.4. The largest absolute Gasteiger partial charge is 0.350 e. The van der Waals surface area contributed by atoms with Gasteiger partial charge in [-0.05, 0) is 42.5 Å². The molecule has 0 unspecified atom stereocenters. The third kappa shape index (κ3) is 3.03. The molecule has 4 nitrogen and oxygen atoms in total. The Morgan fingerprint density at radius 1 is 1.17 bits per heavy atom. The zero-order valence-electron chi connectivity index (χ0n) is 12.1. The van der Waals surface area contributed by atoms with Crippen LogP contribution in [0.2, 0.25) is 0 Å². The van der Waals surface area contributed by atoms with Crippen molar-refractivity contribution in [3.8, 4) is 0 Å². The third-order valence-electron chi connectivity index (χ3n) is 3.50. The van der Waals surface area contributed by atoms with Gasteiger partial charge in [0.25, 0.3) is 5.91 Å². The van der Waals surface area contributed by atoms with E-state index in [2.05, 4.69) is 21.2 Å². The van der Waals surface area contributed by atoms with E-state index in [9.17, 15) is 14.0 Å². The van der Waals surface area contributed by atoms with Gasteiger partial charge in [-0.2, -0.15) is 0 Å². The maximum Gasteiger partial charge on any atom is 0.261 e. The second-order valence-electron chi connectivity index (χ2n) is 5.11. The number of rotatable bonds is 2. The molecule has 116 valence electrons. The van der Waals surface area contributed by atoms with Crippen molar-refractivity contribution in [1.82, 2.24) is 4.57 Å². The minimum atomic E-state index is -0.529. The molecule has 0 saturated carbocycles. The summed E-state index contributed by atoms with van der Waals surface area (Å²) in [5, 5.41) is 2.84. The first-order valence-electron chi connectivity index (χ1n) is 6.81. The van der Waals surface area contributed by atoms with Crippen molar-refractivity contribution in [1.29, 1.82) is 0 Å². The quantitative estimate of drug-likeness (QED) is 0.743. The number of carbonyl (C=O) groups is 1. The normalized spacial score (nSPS) is 10.7. The molecule has 0 saturated heterocycles. The van der Waals surface area contributed by atoms with Crippen LogP contribution >= 0.6 is 15.9 Å². The number of nitrogens with zero attached hydrogens (tertiary/aromatic N) is 1. The SMILES string of the molecule is Cn1cc(C(=O)Nc2ccc(Br)cc2)c(=O)c2cc(F)ccc21. The first-order chi connectivity index (χ1) is 11.0. The molecule has 3 aromatic rings. The summed E-state index contributed by atoms with van der Waals surface area (Å²) in [4.78, 5) is 24.8. The van der Waals surface area contributed by atoms with Gasteiger partial charge < -0.3 is 9.88 Å². The van der Waals surface area contributed by atoms with E-state index < -0.39 is 17.2 Å². The van der Waals surface area contributed by atoms with Crippen molar-refractivity contribution >= 4 is 38.4 Å². The Kier molecular flexibility index (Phi) is 4.00. The lowest BCUT2D eigenvalue weighted by molar-refractivity contribution is 0.102. The molecule has 0 aliphatic carbocycles. The summed E-state index contributed by atoms with van der Waals surface area (Å²) in [6.45, 7) is 0. The average Bonchev–Trinajstić information content (AvgIpc) is 2.53. The summed E-state index contributed by atoms with van der Waals surface area (Å²) in [7, 11) is 1.70. The lowest BCUT2D eigenvalue weighted by Gasteiger charge is -2.10. The van der Waals surface area contributed by atoms with Crippen LogP contribution in [-0.4, -0.2) is 10.5 Å². The predicted octanol–water partition coefficient (Wildman–Crippen LogP) is 3.69. The first-order valence-corrected chi connectivity index (χ1v) is 7.61. The van der Waals surface area contributed by atoms with Gasteiger partial charge in [0.1, 0.15) is 11.4 Å². The maximum absolute atomic E-state index is 13.4. The molecule has 1 N–H and O–H groups in total. The smallest absolute Gasteiger partial charge is 0.261 e. The fraction of sp³-hybridized carbons (Fsp3) is 0.0588. The Hall–Kier alpha value is -2.47. The van der Waals surface area contributed by atoms with Crippen molar-refractivity contribution in [3.63, 3.8) is 0 Å². The number of amides is 1. The van der Waals surface area contributed by atoms with Crippen LogP contribution in [0.1, 0.15) is 10.4 Å². The topological polar surface area (TPSA) is 51.1 Å². The molecule has 3 rings (SSSR count). The van der Waals surface area contributed by atoms with Gasteiger partial charge in [-0.3, -0.25) is 9.59 Å². The van der Waals surface area contributed by atoms with Crippen molar-refractivity contribution < 1.29 is 9.18 Å². The molecular weight excluding hydrogens is 363 g/mol. The van der Waals surface area contributed by atoms with Crippen LogP contribution in [0.4, 0.5) is 10.1 Å². The molecule has 0 radical (unpaired) electrons. The molecule has 2 aromatic carbocycles. The standard InChI is InChI=1S/C17H12BrFN2O2/c1-21-9-14(16(22)13-8-11(19)4-7-15(13)21)17(23)20-12-5-2-10(18)3-6-12/h2-9H,1H3,(H,20,23). The number of fused-ring (bicyclic) bond motifs is 1. The van der Waals surface area contributed by atoms with Crippen LogP contribution < -0.4 is 10.7 Å². The highest BCUT2D eigenvalue weighted by Crippen LogP contribution is 2.16. The highest BCUT2D eigenvalue weighted by Gasteiger charge is 2.15. The number of hydrogen-bond donors (Lipinski definition) is 1. The molecule has 0 atom stereocenters. The predicted molar refractivity (Wildman–Crippen MR) is 91.2 cm³/mol.